The first-order valence-corrected chi connectivity index (χ1v) is 13.2. The Kier molecular flexibility index (Phi) is 10.8. The van der Waals surface area contributed by atoms with Gasteiger partial charge in [-0.05, 0) is 43.4 Å². The third-order valence-corrected chi connectivity index (χ3v) is 6.56. The summed E-state index contributed by atoms with van der Waals surface area (Å²) in [6.45, 7) is 6.80. The topological polar surface area (TPSA) is 90.6 Å². The van der Waals surface area contributed by atoms with E-state index in [9.17, 15) is 18.0 Å². The average Bonchev–Trinajstić information content (AvgIpc) is 3.52. The molecule has 0 radical (unpaired) electrons. The van der Waals surface area contributed by atoms with Crippen molar-refractivity contribution in [2.45, 2.75) is 13.0 Å². The molecular formula is C29H32F3N7O2. The van der Waals surface area contributed by atoms with Crippen LogP contribution in [0.4, 0.5) is 24.5 Å². The number of carbonyl (C=O) groups excluding carboxylic acids is 1. The Labute approximate surface area is 236 Å². The molecule has 0 spiro atoms. The zero-order valence-corrected chi connectivity index (χ0v) is 22.7. The number of nitrogens with one attached hydrogen (secondary N) is 1. The van der Waals surface area contributed by atoms with E-state index in [-0.39, 0.29) is 23.6 Å². The number of pyridine rings is 1. The van der Waals surface area contributed by atoms with Crippen molar-refractivity contribution in [2.24, 2.45) is 0 Å². The lowest BCUT2D eigenvalue weighted by Crippen LogP contribution is -2.48. The molecular weight excluding hydrogens is 535 g/mol. The lowest BCUT2D eigenvalue weighted by molar-refractivity contribution is -0.107. The zero-order valence-electron chi connectivity index (χ0n) is 22.7. The standard InChI is InChI=1S/C17H12F3N3O2.C12H20N4/c18-14-8-11(16-21-22-17(25-16)15(19)20)6-7-12(14)9-23(10-24)13-4-2-1-3-5-13;1-13-6-7-15-8-10-16(11-9-15)12-2-4-14-5-3-12/h1-8,10,15H,9H2;2-5,13H,6-11H2,1H3. The van der Waals surface area contributed by atoms with E-state index in [0.29, 0.717) is 12.1 Å². The van der Waals surface area contributed by atoms with Gasteiger partial charge in [-0.25, -0.2) is 4.39 Å². The number of piperazine rings is 1. The Morgan fingerprint density at radius 2 is 1.76 bits per heavy atom. The van der Waals surface area contributed by atoms with Crippen LogP contribution in [-0.2, 0) is 11.3 Å². The Morgan fingerprint density at radius 3 is 2.37 bits per heavy atom. The zero-order chi connectivity index (χ0) is 29.0. The molecule has 0 atom stereocenters. The van der Waals surface area contributed by atoms with Crippen LogP contribution in [0.2, 0.25) is 0 Å². The third kappa shape index (κ3) is 8.35. The van der Waals surface area contributed by atoms with Crippen molar-refractivity contribution in [3.05, 3.63) is 90.3 Å². The first-order chi connectivity index (χ1) is 20.0. The van der Waals surface area contributed by atoms with Crippen LogP contribution in [0.5, 0.6) is 0 Å². The van der Waals surface area contributed by atoms with Crippen molar-refractivity contribution in [2.75, 3.05) is 56.1 Å². The number of halogens is 3. The number of amides is 1. The Hall–Kier alpha value is -4.29. The lowest BCUT2D eigenvalue weighted by atomic mass is 10.1. The number of carbonyl (C=O) groups is 1. The summed E-state index contributed by atoms with van der Waals surface area (Å²) in [7, 11) is 2.01. The van der Waals surface area contributed by atoms with Crippen molar-refractivity contribution in [1.29, 1.82) is 0 Å². The Bertz CT molecular complexity index is 1350. The van der Waals surface area contributed by atoms with Gasteiger partial charge in [-0.1, -0.05) is 24.3 Å². The number of likely N-dealkylation sites (N-methyl/N-ethyl adjacent to an activating group) is 1. The van der Waals surface area contributed by atoms with Gasteiger partial charge in [0.2, 0.25) is 12.3 Å². The van der Waals surface area contributed by atoms with Crippen molar-refractivity contribution >= 4 is 17.8 Å². The van der Waals surface area contributed by atoms with Gasteiger partial charge < -0.3 is 19.5 Å². The number of hydrogen-bond acceptors (Lipinski definition) is 8. The molecule has 9 nitrogen and oxygen atoms in total. The van der Waals surface area contributed by atoms with Crippen LogP contribution in [0.15, 0.2) is 77.5 Å². The summed E-state index contributed by atoms with van der Waals surface area (Å²) in [5.74, 6) is -1.64. The fourth-order valence-corrected chi connectivity index (χ4v) is 4.29. The van der Waals surface area contributed by atoms with E-state index in [2.05, 4.69) is 42.4 Å². The number of alkyl halides is 2. The first-order valence-electron chi connectivity index (χ1n) is 13.2. The number of benzene rings is 2. The van der Waals surface area contributed by atoms with E-state index in [4.69, 9.17) is 4.42 Å². The number of rotatable bonds is 10. The highest BCUT2D eigenvalue weighted by atomic mass is 19.3. The molecule has 5 rings (SSSR count). The highest BCUT2D eigenvalue weighted by molar-refractivity contribution is 5.75. The van der Waals surface area contributed by atoms with E-state index >= 15 is 0 Å². The Balaban J connectivity index is 0.000000208. The average molecular weight is 568 g/mol. The van der Waals surface area contributed by atoms with Crippen LogP contribution in [0.1, 0.15) is 17.9 Å². The van der Waals surface area contributed by atoms with Crippen LogP contribution in [0.3, 0.4) is 0 Å². The molecule has 1 saturated heterocycles. The largest absolute Gasteiger partial charge is 0.415 e. The molecule has 0 saturated carbocycles. The van der Waals surface area contributed by atoms with Crippen molar-refractivity contribution < 1.29 is 22.4 Å². The summed E-state index contributed by atoms with van der Waals surface area (Å²) < 4.78 is 44.1. The fraction of sp³-hybridized carbons (Fsp3) is 0.310. The monoisotopic (exact) mass is 567 g/mol. The summed E-state index contributed by atoms with van der Waals surface area (Å²) in [5, 5.41) is 9.87. The quantitative estimate of drug-likeness (QED) is 0.282. The van der Waals surface area contributed by atoms with Crippen molar-refractivity contribution in [3.63, 3.8) is 0 Å². The molecule has 0 bridgehead atoms. The van der Waals surface area contributed by atoms with Crippen molar-refractivity contribution in [3.8, 4) is 11.5 Å². The van der Waals surface area contributed by atoms with Crippen LogP contribution in [0.25, 0.3) is 11.5 Å². The van der Waals surface area contributed by atoms with Crippen LogP contribution < -0.4 is 15.1 Å². The SMILES string of the molecule is CNCCN1CCN(c2ccncc2)CC1.O=CN(Cc1ccc(-c2nnc(C(F)F)o2)cc1F)c1ccccc1. The molecule has 2 aromatic carbocycles. The molecule has 1 N–H and O–H groups in total. The number of hydrogen-bond donors (Lipinski definition) is 1. The van der Waals surface area contributed by atoms with Gasteiger partial charge in [0.05, 0.1) is 6.54 Å². The van der Waals surface area contributed by atoms with Crippen LogP contribution in [0, 0.1) is 5.82 Å². The van der Waals surface area contributed by atoms with E-state index < -0.39 is 18.1 Å². The van der Waals surface area contributed by atoms with Gasteiger partial charge in [-0.15, -0.1) is 10.2 Å². The number of aromatic nitrogens is 3. The van der Waals surface area contributed by atoms with Crippen LogP contribution >= 0.6 is 0 Å². The highest BCUT2D eigenvalue weighted by Gasteiger charge is 2.19. The predicted octanol–water partition coefficient (Wildman–Crippen LogP) is 4.40. The summed E-state index contributed by atoms with van der Waals surface area (Å²) in [6, 6.07) is 17.0. The molecule has 3 heterocycles. The molecule has 2 aromatic heterocycles. The fourth-order valence-electron chi connectivity index (χ4n) is 4.29. The van der Waals surface area contributed by atoms with E-state index in [1.54, 1.807) is 30.3 Å². The van der Waals surface area contributed by atoms with E-state index in [1.165, 1.54) is 22.7 Å². The second-order valence-electron chi connectivity index (χ2n) is 9.26. The van der Waals surface area contributed by atoms with E-state index in [0.717, 1.165) is 45.3 Å². The maximum absolute atomic E-state index is 14.3. The van der Waals surface area contributed by atoms with E-state index in [1.807, 2.05) is 19.4 Å². The molecule has 4 aromatic rings. The minimum Gasteiger partial charge on any atom is -0.415 e. The molecule has 0 aliphatic carbocycles. The normalized spacial score (nSPS) is 13.5. The molecule has 0 unspecified atom stereocenters. The maximum Gasteiger partial charge on any atom is 0.314 e. The van der Waals surface area contributed by atoms with Gasteiger partial charge in [0.25, 0.3) is 5.89 Å². The minimum atomic E-state index is -2.89. The number of para-hydroxylation sites is 1. The summed E-state index contributed by atoms with van der Waals surface area (Å²) in [6.07, 6.45) is 1.44. The highest BCUT2D eigenvalue weighted by Crippen LogP contribution is 2.25. The molecule has 1 aliphatic heterocycles. The Morgan fingerprint density at radius 1 is 1.02 bits per heavy atom. The number of nitrogens with zero attached hydrogens (tertiary/aromatic N) is 6. The summed E-state index contributed by atoms with van der Waals surface area (Å²) >= 11 is 0. The van der Waals surface area contributed by atoms with Gasteiger partial charge in [-0.3, -0.25) is 14.7 Å². The second-order valence-corrected chi connectivity index (χ2v) is 9.26. The molecule has 1 amide bonds. The predicted molar refractivity (Wildman–Crippen MR) is 150 cm³/mol. The van der Waals surface area contributed by atoms with Gasteiger partial charge in [0, 0.05) is 74.2 Å². The molecule has 1 fully saturated rings. The van der Waals surface area contributed by atoms with Crippen molar-refractivity contribution in [1.82, 2.24) is 25.4 Å². The van der Waals surface area contributed by atoms with Gasteiger partial charge in [-0.2, -0.15) is 8.78 Å². The third-order valence-electron chi connectivity index (χ3n) is 6.56. The van der Waals surface area contributed by atoms with Gasteiger partial charge in [0.1, 0.15) is 5.82 Å². The molecule has 41 heavy (non-hydrogen) atoms. The molecule has 12 heteroatoms. The lowest BCUT2D eigenvalue weighted by Gasteiger charge is -2.36. The minimum absolute atomic E-state index is 0.0196. The maximum atomic E-state index is 14.3. The summed E-state index contributed by atoms with van der Waals surface area (Å²) in [4.78, 5) is 21.6. The summed E-state index contributed by atoms with van der Waals surface area (Å²) in [5.41, 5.74) is 2.36. The smallest absolute Gasteiger partial charge is 0.314 e. The first kappa shape index (κ1) is 29.7. The van der Waals surface area contributed by atoms with Gasteiger partial charge >= 0.3 is 6.43 Å². The molecule has 216 valence electrons. The molecule has 1 aliphatic rings. The van der Waals surface area contributed by atoms with Gasteiger partial charge in [0.15, 0.2) is 0 Å². The van der Waals surface area contributed by atoms with Crippen LogP contribution in [-0.4, -0.2) is 72.8 Å². The second kappa shape index (κ2) is 14.9. The number of anilines is 2.